The maximum absolute atomic E-state index is 12.3. The van der Waals surface area contributed by atoms with Gasteiger partial charge < -0.3 is 14.9 Å². The van der Waals surface area contributed by atoms with Crippen molar-refractivity contribution in [3.63, 3.8) is 0 Å². The van der Waals surface area contributed by atoms with Gasteiger partial charge in [-0.3, -0.25) is 0 Å². The molecule has 3 nitrogen and oxygen atoms in total. The van der Waals surface area contributed by atoms with Gasteiger partial charge >= 0.3 is 0 Å². The summed E-state index contributed by atoms with van der Waals surface area (Å²) in [4.78, 5) is 0. The minimum atomic E-state index is -2.87. The monoisotopic (exact) mass is 198 g/mol. The predicted molar refractivity (Wildman–Crippen MR) is 43.7 cm³/mol. The fourth-order valence-electron chi connectivity index (χ4n) is 0.618. The Morgan fingerprint density at radius 3 is 1.85 bits per heavy atom. The van der Waals surface area contributed by atoms with Crippen LogP contribution in [-0.2, 0) is 4.74 Å². The van der Waals surface area contributed by atoms with Crippen molar-refractivity contribution in [1.29, 1.82) is 0 Å². The number of aliphatic hydroxyl groups excluding tert-OH is 2. The van der Waals surface area contributed by atoms with Crippen molar-refractivity contribution in [2.24, 2.45) is 5.41 Å². The summed E-state index contributed by atoms with van der Waals surface area (Å²) in [5.74, 6) is -2.87. The molecule has 0 radical (unpaired) electrons. The number of hydrogen-bond acceptors (Lipinski definition) is 3. The Balaban J connectivity index is 3.74. The maximum atomic E-state index is 12.3. The molecule has 0 spiro atoms. The second-order valence-corrected chi connectivity index (χ2v) is 3.69. The predicted octanol–water partition coefficient (Wildman–Crippen LogP) is 0.649. The Labute approximate surface area is 76.3 Å². The second-order valence-electron chi connectivity index (χ2n) is 3.69. The lowest BCUT2D eigenvalue weighted by molar-refractivity contribution is -0.0937. The van der Waals surface area contributed by atoms with E-state index in [-0.39, 0.29) is 19.8 Å². The molecule has 0 aromatic rings. The van der Waals surface area contributed by atoms with Gasteiger partial charge in [-0.15, -0.1) is 0 Å². The number of halogens is 2. The van der Waals surface area contributed by atoms with Crippen molar-refractivity contribution in [2.45, 2.75) is 19.8 Å². The molecular formula is C8H16F2O3. The lowest BCUT2D eigenvalue weighted by atomic mass is 9.95. The first-order valence-electron chi connectivity index (χ1n) is 4.00. The molecule has 0 fully saturated rings. The first-order chi connectivity index (χ1) is 5.83. The first kappa shape index (κ1) is 12.7. The number of alkyl halides is 2. The zero-order valence-corrected chi connectivity index (χ0v) is 7.89. The van der Waals surface area contributed by atoms with E-state index in [2.05, 4.69) is 4.74 Å². The topological polar surface area (TPSA) is 49.7 Å². The smallest absolute Gasteiger partial charge is 0.268 e. The van der Waals surface area contributed by atoms with Crippen LogP contribution in [0.5, 0.6) is 0 Å². The van der Waals surface area contributed by atoms with Gasteiger partial charge in [-0.2, -0.15) is 0 Å². The van der Waals surface area contributed by atoms with Gasteiger partial charge in [-0.25, -0.2) is 8.78 Å². The van der Waals surface area contributed by atoms with Crippen molar-refractivity contribution in [3.8, 4) is 0 Å². The fraction of sp³-hybridized carbons (Fsp3) is 1.00. The normalized spacial score (nSPS) is 13.4. The lowest BCUT2D eigenvalue weighted by Crippen LogP contribution is -2.33. The average Bonchev–Trinajstić information content (AvgIpc) is 2.02. The molecule has 0 aromatic heterocycles. The van der Waals surface area contributed by atoms with Crippen LogP contribution in [0.2, 0.25) is 0 Å². The van der Waals surface area contributed by atoms with Gasteiger partial charge in [-0.05, 0) is 0 Å². The van der Waals surface area contributed by atoms with Gasteiger partial charge in [-0.1, -0.05) is 6.92 Å². The zero-order chi connectivity index (χ0) is 10.5. The highest BCUT2D eigenvalue weighted by Crippen LogP contribution is 2.17. The molecule has 0 rings (SSSR count). The maximum Gasteiger partial charge on any atom is 0.268 e. The summed E-state index contributed by atoms with van der Waals surface area (Å²) >= 11 is 0. The van der Waals surface area contributed by atoms with E-state index in [4.69, 9.17) is 10.2 Å². The third-order valence-corrected chi connectivity index (χ3v) is 1.57. The minimum absolute atomic E-state index is 0.0799. The van der Waals surface area contributed by atoms with Gasteiger partial charge in [0.25, 0.3) is 5.92 Å². The van der Waals surface area contributed by atoms with E-state index < -0.39 is 17.9 Å². The number of ether oxygens (including phenoxy) is 1. The molecule has 0 saturated heterocycles. The zero-order valence-electron chi connectivity index (χ0n) is 7.89. The van der Waals surface area contributed by atoms with Crippen molar-refractivity contribution in [2.75, 3.05) is 26.4 Å². The summed E-state index contributed by atoms with van der Waals surface area (Å²) in [5.41, 5.74) is -0.842. The molecule has 80 valence electrons. The highest BCUT2D eigenvalue weighted by atomic mass is 19.3. The standard InChI is InChI=1S/C8H16F2O3/c1-7(3-11,4-12)5-13-6-8(2,9)10/h11-12H,3-6H2,1-2H3. The summed E-state index contributed by atoms with van der Waals surface area (Å²) in [5, 5.41) is 17.6. The molecule has 0 aliphatic rings. The van der Waals surface area contributed by atoms with Crippen LogP contribution in [0.1, 0.15) is 13.8 Å². The van der Waals surface area contributed by atoms with Crippen LogP contribution >= 0.6 is 0 Å². The SMILES string of the molecule is CC(F)(F)COCC(C)(CO)CO. The van der Waals surface area contributed by atoms with Gasteiger partial charge in [0, 0.05) is 12.3 Å². The molecule has 0 aliphatic heterocycles. The summed E-state index contributed by atoms with van der Waals surface area (Å²) in [6, 6.07) is 0. The molecule has 0 amide bonds. The molecule has 2 N–H and O–H groups in total. The van der Waals surface area contributed by atoms with Crippen molar-refractivity contribution < 1.29 is 23.7 Å². The third-order valence-electron chi connectivity index (χ3n) is 1.57. The van der Waals surface area contributed by atoms with Gasteiger partial charge in [0.15, 0.2) is 0 Å². The van der Waals surface area contributed by atoms with E-state index >= 15 is 0 Å². The van der Waals surface area contributed by atoms with Gasteiger partial charge in [0.1, 0.15) is 6.61 Å². The third kappa shape index (κ3) is 5.90. The van der Waals surface area contributed by atoms with Gasteiger partial charge in [0.2, 0.25) is 0 Å². The van der Waals surface area contributed by atoms with Crippen LogP contribution in [-0.4, -0.2) is 42.6 Å². The molecule has 13 heavy (non-hydrogen) atoms. The van der Waals surface area contributed by atoms with E-state index in [1.54, 1.807) is 6.92 Å². The van der Waals surface area contributed by atoms with E-state index in [0.717, 1.165) is 6.92 Å². The summed E-state index contributed by atoms with van der Waals surface area (Å²) < 4.78 is 29.2. The average molecular weight is 198 g/mol. The molecular weight excluding hydrogens is 182 g/mol. The Kier molecular flexibility index (Phi) is 4.74. The van der Waals surface area contributed by atoms with Crippen molar-refractivity contribution >= 4 is 0 Å². The van der Waals surface area contributed by atoms with E-state index in [1.165, 1.54) is 0 Å². The molecule has 5 heteroatoms. The molecule has 0 unspecified atom stereocenters. The molecule has 0 aromatic carbocycles. The summed E-state index contributed by atoms with van der Waals surface area (Å²) in [6.07, 6.45) is 0. The van der Waals surface area contributed by atoms with E-state index in [1.807, 2.05) is 0 Å². The highest BCUT2D eigenvalue weighted by Gasteiger charge is 2.26. The van der Waals surface area contributed by atoms with E-state index in [0.29, 0.717) is 0 Å². The van der Waals surface area contributed by atoms with Crippen LogP contribution in [0.25, 0.3) is 0 Å². The van der Waals surface area contributed by atoms with Crippen molar-refractivity contribution in [1.82, 2.24) is 0 Å². The van der Waals surface area contributed by atoms with Crippen LogP contribution in [0.15, 0.2) is 0 Å². The molecule has 0 atom stereocenters. The molecule has 0 bridgehead atoms. The Hall–Kier alpha value is -0.260. The Bertz CT molecular complexity index is 141. The number of hydrogen-bond donors (Lipinski definition) is 2. The highest BCUT2D eigenvalue weighted by molar-refractivity contribution is 4.71. The number of rotatable bonds is 6. The Morgan fingerprint density at radius 2 is 1.54 bits per heavy atom. The molecule has 0 heterocycles. The summed E-state index contributed by atoms with van der Waals surface area (Å²) in [7, 11) is 0. The molecule has 0 saturated carbocycles. The Morgan fingerprint density at radius 1 is 1.08 bits per heavy atom. The second kappa shape index (κ2) is 4.83. The van der Waals surface area contributed by atoms with Crippen LogP contribution in [0.3, 0.4) is 0 Å². The molecule has 0 aliphatic carbocycles. The van der Waals surface area contributed by atoms with Crippen LogP contribution in [0.4, 0.5) is 8.78 Å². The van der Waals surface area contributed by atoms with Crippen LogP contribution < -0.4 is 0 Å². The lowest BCUT2D eigenvalue weighted by Gasteiger charge is -2.24. The van der Waals surface area contributed by atoms with Crippen molar-refractivity contribution in [3.05, 3.63) is 0 Å². The number of aliphatic hydroxyl groups is 2. The first-order valence-corrected chi connectivity index (χ1v) is 4.00. The van der Waals surface area contributed by atoms with E-state index in [9.17, 15) is 8.78 Å². The largest absolute Gasteiger partial charge is 0.396 e. The fourth-order valence-corrected chi connectivity index (χ4v) is 0.618. The van der Waals surface area contributed by atoms with Gasteiger partial charge in [0.05, 0.1) is 19.8 Å². The summed E-state index contributed by atoms with van der Waals surface area (Å²) in [6.45, 7) is 0.951. The van der Waals surface area contributed by atoms with Crippen LogP contribution in [0, 0.1) is 5.41 Å². The quantitative estimate of drug-likeness (QED) is 0.658. The minimum Gasteiger partial charge on any atom is -0.396 e.